The Morgan fingerprint density at radius 1 is 1.17 bits per heavy atom. The van der Waals surface area contributed by atoms with Crippen LogP contribution in [0.4, 0.5) is 17.5 Å². The topological polar surface area (TPSA) is 99.3 Å². The van der Waals surface area contributed by atoms with Gasteiger partial charge < -0.3 is 15.0 Å². The molecule has 0 saturated carbocycles. The lowest BCUT2D eigenvalue weighted by Crippen LogP contribution is -2.49. The average molecular weight is 496 g/mol. The number of carbonyl (C=O) groups is 1. The summed E-state index contributed by atoms with van der Waals surface area (Å²) in [7, 11) is 1.65. The monoisotopic (exact) mass is 495 g/mol. The first-order valence-corrected chi connectivity index (χ1v) is 12.6. The highest BCUT2D eigenvalue weighted by Crippen LogP contribution is 2.38. The Bertz CT molecular complexity index is 1160. The number of rotatable bonds is 9. The van der Waals surface area contributed by atoms with E-state index in [4.69, 9.17) is 14.7 Å². The molecule has 2 aromatic heterocycles. The van der Waals surface area contributed by atoms with Gasteiger partial charge in [0.15, 0.2) is 22.6 Å². The standard InChI is InChI=1S/C25H33N7O2S/c1-16(2)31-10-12-32(13-11-31)24-22(34-5)23(26-21-14-17(3)29-30-21)27-25(28-24)35-20-8-6-19(7-9-20)15-18(4)33/h6-9,14,16H,10-13,15H2,1-5H3,(H2,26,27,28,29,30). The molecule has 1 aromatic carbocycles. The number of hydrogen-bond acceptors (Lipinski definition) is 9. The number of nitrogens with zero attached hydrogens (tertiary/aromatic N) is 5. The lowest BCUT2D eigenvalue weighted by Gasteiger charge is -2.38. The Labute approximate surface area is 210 Å². The molecular weight excluding hydrogens is 462 g/mol. The predicted octanol–water partition coefficient (Wildman–Crippen LogP) is 4.07. The summed E-state index contributed by atoms with van der Waals surface area (Å²) in [5, 5.41) is 11.2. The molecule has 4 rings (SSSR count). The van der Waals surface area contributed by atoms with Gasteiger partial charge in [-0.25, -0.2) is 9.97 Å². The second kappa shape index (κ2) is 11.1. The fourth-order valence-corrected chi connectivity index (χ4v) is 4.83. The lowest BCUT2D eigenvalue weighted by atomic mass is 10.1. The van der Waals surface area contributed by atoms with Crippen molar-refractivity contribution in [2.24, 2.45) is 0 Å². The van der Waals surface area contributed by atoms with Crippen molar-refractivity contribution in [2.45, 2.75) is 50.2 Å². The van der Waals surface area contributed by atoms with Gasteiger partial charge in [-0.2, -0.15) is 5.10 Å². The van der Waals surface area contributed by atoms with Crippen LogP contribution in [0.2, 0.25) is 0 Å². The second-order valence-electron chi connectivity index (χ2n) is 9.01. The third kappa shape index (κ3) is 6.32. The van der Waals surface area contributed by atoms with Gasteiger partial charge in [-0.05, 0) is 57.2 Å². The third-order valence-corrected chi connectivity index (χ3v) is 6.79. The Morgan fingerprint density at radius 3 is 2.46 bits per heavy atom. The number of anilines is 3. The van der Waals surface area contributed by atoms with E-state index in [-0.39, 0.29) is 5.78 Å². The number of ketones is 1. The van der Waals surface area contributed by atoms with Crippen molar-refractivity contribution < 1.29 is 9.53 Å². The maximum Gasteiger partial charge on any atom is 0.204 e. The van der Waals surface area contributed by atoms with Gasteiger partial charge >= 0.3 is 0 Å². The van der Waals surface area contributed by atoms with Crippen LogP contribution in [0.3, 0.4) is 0 Å². The molecule has 1 aliphatic heterocycles. The van der Waals surface area contributed by atoms with Gasteiger partial charge in [-0.1, -0.05) is 12.1 Å². The minimum atomic E-state index is 0.149. The minimum Gasteiger partial charge on any atom is -0.490 e. The third-order valence-electron chi connectivity index (χ3n) is 5.91. The summed E-state index contributed by atoms with van der Waals surface area (Å²) in [6.07, 6.45) is 0.438. The summed E-state index contributed by atoms with van der Waals surface area (Å²) in [5.41, 5.74) is 1.95. The summed E-state index contributed by atoms with van der Waals surface area (Å²) in [6, 6.07) is 10.4. The predicted molar refractivity (Wildman–Crippen MR) is 139 cm³/mol. The largest absolute Gasteiger partial charge is 0.490 e. The molecule has 0 bridgehead atoms. The molecule has 3 heterocycles. The van der Waals surface area contributed by atoms with Crippen LogP contribution in [-0.2, 0) is 11.2 Å². The molecule has 1 fully saturated rings. The number of methoxy groups -OCH3 is 1. The van der Waals surface area contributed by atoms with E-state index in [0.717, 1.165) is 48.1 Å². The van der Waals surface area contributed by atoms with E-state index < -0.39 is 0 Å². The zero-order chi connectivity index (χ0) is 24.9. The average Bonchev–Trinajstić information content (AvgIpc) is 3.24. The normalized spacial score (nSPS) is 14.4. The van der Waals surface area contributed by atoms with Crippen LogP contribution < -0.4 is 15.0 Å². The van der Waals surface area contributed by atoms with Gasteiger partial charge in [-0.3, -0.25) is 14.8 Å². The number of benzene rings is 1. The first kappa shape index (κ1) is 25.0. The summed E-state index contributed by atoms with van der Waals surface area (Å²) in [6.45, 7) is 11.7. The number of aromatic nitrogens is 4. The van der Waals surface area contributed by atoms with Crippen molar-refractivity contribution in [1.29, 1.82) is 0 Å². The molecule has 0 aliphatic carbocycles. The van der Waals surface area contributed by atoms with E-state index in [0.29, 0.717) is 35.0 Å². The summed E-state index contributed by atoms with van der Waals surface area (Å²) < 4.78 is 5.82. The van der Waals surface area contributed by atoms with Crippen molar-refractivity contribution in [3.05, 3.63) is 41.6 Å². The maximum absolute atomic E-state index is 11.4. The maximum atomic E-state index is 11.4. The van der Waals surface area contributed by atoms with E-state index in [1.807, 2.05) is 37.3 Å². The molecule has 0 radical (unpaired) electrons. The molecule has 0 unspecified atom stereocenters. The first-order chi connectivity index (χ1) is 16.8. The second-order valence-corrected chi connectivity index (χ2v) is 10.1. The molecule has 3 aromatic rings. The number of aryl methyl sites for hydroxylation is 1. The highest BCUT2D eigenvalue weighted by molar-refractivity contribution is 7.99. The zero-order valence-electron chi connectivity index (χ0n) is 21.0. The molecule has 0 atom stereocenters. The van der Waals surface area contributed by atoms with Crippen molar-refractivity contribution in [3.63, 3.8) is 0 Å². The fraction of sp³-hybridized carbons (Fsp3) is 0.440. The Hall–Kier alpha value is -3.11. The van der Waals surface area contributed by atoms with Gasteiger partial charge in [0.05, 0.1) is 7.11 Å². The fourth-order valence-electron chi connectivity index (χ4n) is 4.07. The quantitative estimate of drug-likeness (QED) is 0.426. The number of carbonyl (C=O) groups excluding carboxylic acids is 1. The number of Topliss-reactive ketones (excluding diaryl/α,β-unsaturated/α-hetero) is 1. The van der Waals surface area contributed by atoms with Crippen LogP contribution in [0.1, 0.15) is 32.0 Å². The van der Waals surface area contributed by atoms with E-state index in [1.165, 1.54) is 11.8 Å². The number of aromatic amines is 1. The highest BCUT2D eigenvalue weighted by atomic mass is 32.2. The van der Waals surface area contributed by atoms with Gasteiger partial charge in [0.25, 0.3) is 0 Å². The van der Waals surface area contributed by atoms with Crippen LogP contribution >= 0.6 is 11.8 Å². The van der Waals surface area contributed by atoms with E-state index in [2.05, 4.69) is 39.2 Å². The number of ether oxygens (including phenoxy) is 1. The molecule has 0 amide bonds. The van der Waals surface area contributed by atoms with Gasteiger partial charge in [0.2, 0.25) is 5.75 Å². The van der Waals surface area contributed by atoms with Gasteiger partial charge in [-0.15, -0.1) is 0 Å². The van der Waals surface area contributed by atoms with Crippen LogP contribution in [-0.4, -0.2) is 70.2 Å². The molecule has 2 N–H and O–H groups in total. The van der Waals surface area contributed by atoms with Crippen LogP contribution in [0.5, 0.6) is 5.75 Å². The number of piperazine rings is 1. The minimum absolute atomic E-state index is 0.149. The van der Waals surface area contributed by atoms with Crippen molar-refractivity contribution in [3.8, 4) is 5.75 Å². The molecule has 9 nitrogen and oxygen atoms in total. The molecule has 10 heteroatoms. The number of H-pyrrole nitrogens is 1. The summed E-state index contributed by atoms with van der Waals surface area (Å²) >= 11 is 1.48. The van der Waals surface area contributed by atoms with E-state index in [9.17, 15) is 4.79 Å². The summed E-state index contributed by atoms with van der Waals surface area (Å²) in [5.74, 6) is 2.77. The summed E-state index contributed by atoms with van der Waals surface area (Å²) in [4.78, 5) is 26.9. The zero-order valence-corrected chi connectivity index (χ0v) is 21.8. The lowest BCUT2D eigenvalue weighted by molar-refractivity contribution is -0.116. The molecule has 0 spiro atoms. The molecule has 1 saturated heterocycles. The number of nitrogens with one attached hydrogen (secondary N) is 2. The molecular formula is C25H33N7O2S. The van der Waals surface area contributed by atoms with Gasteiger partial charge in [0, 0.05) is 55.3 Å². The Balaban J connectivity index is 1.65. The smallest absolute Gasteiger partial charge is 0.204 e. The van der Waals surface area contributed by atoms with Gasteiger partial charge in [0.1, 0.15) is 5.78 Å². The van der Waals surface area contributed by atoms with Crippen molar-refractivity contribution >= 4 is 35.0 Å². The van der Waals surface area contributed by atoms with E-state index >= 15 is 0 Å². The van der Waals surface area contributed by atoms with Crippen LogP contribution in [0, 0.1) is 6.92 Å². The van der Waals surface area contributed by atoms with E-state index in [1.54, 1.807) is 14.0 Å². The number of hydrogen-bond donors (Lipinski definition) is 2. The highest BCUT2D eigenvalue weighted by Gasteiger charge is 2.26. The molecule has 1 aliphatic rings. The molecule has 35 heavy (non-hydrogen) atoms. The Morgan fingerprint density at radius 2 is 1.89 bits per heavy atom. The molecule has 186 valence electrons. The first-order valence-electron chi connectivity index (χ1n) is 11.8. The van der Waals surface area contributed by atoms with Crippen LogP contribution in [0.25, 0.3) is 0 Å². The van der Waals surface area contributed by atoms with Crippen molar-refractivity contribution in [2.75, 3.05) is 43.5 Å². The Kier molecular flexibility index (Phi) is 7.92. The SMILES string of the molecule is COc1c(Nc2cc(C)[nH]n2)nc(Sc2ccc(CC(C)=O)cc2)nc1N1CCN(C(C)C)CC1. The van der Waals surface area contributed by atoms with Crippen molar-refractivity contribution in [1.82, 2.24) is 25.1 Å². The van der Waals surface area contributed by atoms with Crippen LogP contribution in [0.15, 0.2) is 40.4 Å².